The second-order valence-electron chi connectivity index (χ2n) is 14.1. The number of hydrogen-bond donors (Lipinski definition) is 0. The van der Waals surface area contributed by atoms with Crippen molar-refractivity contribution in [2.75, 3.05) is 0 Å². The summed E-state index contributed by atoms with van der Waals surface area (Å²) in [6.07, 6.45) is 0. The van der Waals surface area contributed by atoms with Gasteiger partial charge >= 0.3 is 0 Å². The highest BCUT2D eigenvalue weighted by Gasteiger charge is 2.53. The van der Waals surface area contributed by atoms with Gasteiger partial charge in [-0.05, 0) is 91.0 Å². The van der Waals surface area contributed by atoms with Crippen molar-refractivity contribution in [2.45, 2.75) is 5.41 Å². The number of nitrogens with zero attached hydrogens (tertiary/aromatic N) is 1. The maximum absolute atomic E-state index is 6.23. The van der Waals surface area contributed by atoms with Gasteiger partial charge in [-0.1, -0.05) is 157 Å². The first-order valence-electron chi connectivity index (χ1n) is 17.6. The quantitative estimate of drug-likeness (QED) is 0.173. The van der Waals surface area contributed by atoms with Crippen LogP contribution >= 0.6 is 11.6 Å². The van der Waals surface area contributed by atoms with Crippen molar-refractivity contribution in [3.8, 4) is 61.3 Å². The van der Waals surface area contributed by atoms with Crippen molar-refractivity contribution in [1.82, 2.24) is 4.57 Å². The van der Waals surface area contributed by atoms with Crippen LogP contribution in [-0.4, -0.2) is 4.57 Å². The third-order valence-electron chi connectivity index (χ3n) is 11.8. The van der Waals surface area contributed by atoms with E-state index in [-0.39, 0.29) is 0 Å². The number of hydrogen-bond acceptors (Lipinski definition) is 0. The Kier molecular flexibility index (Phi) is 5.29. The molecule has 0 bridgehead atoms. The Balaban J connectivity index is 1.26. The molecular weight excluding hydrogens is 638 g/mol. The Morgan fingerprint density at radius 2 is 0.941 bits per heavy atom. The average molecular weight is 666 g/mol. The molecular formula is C49H28ClN. The molecule has 2 heteroatoms. The van der Waals surface area contributed by atoms with E-state index in [1.54, 1.807) is 0 Å². The van der Waals surface area contributed by atoms with Crippen LogP contribution in [0.25, 0.3) is 83.1 Å². The van der Waals surface area contributed by atoms with Crippen molar-refractivity contribution in [1.29, 1.82) is 0 Å². The number of benzene rings is 8. The number of fused-ring (bicyclic) bond motifs is 13. The first-order valence-corrected chi connectivity index (χ1v) is 18.0. The summed E-state index contributed by atoms with van der Waals surface area (Å²) in [7, 11) is 0. The molecule has 1 aliphatic heterocycles. The second kappa shape index (κ2) is 9.75. The Morgan fingerprint density at radius 1 is 0.373 bits per heavy atom. The molecule has 0 unspecified atom stereocenters. The normalized spacial score (nSPS) is 13.7. The maximum Gasteiger partial charge on any atom is 0.0726 e. The van der Waals surface area contributed by atoms with Crippen LogP contribution in [0.1, 0.15) is 22.3 Å². The molecule has 2 heterocycles. The standard InChI is InChI=1S/C49H28ClN/c50-32-23-21-30(22-24-32)29-17-19-31(20-18-29)33-25-27-41-46-45(33)38-12-4-8-16-44(38)51-43-15-7-3-11-36(43)37-26-28-42(47(46)48(37)51)49(41)39-13-5-1-9-34(39)35-10-2-6-14-40(35)49/h1-28H. The molecule has 2 aliphatic carbocycles. The van der Waals surface area contributed by atoms with E-state index >= 15 is 0 Å². The fourth-order valence-corrected chi connectivity index (χ4v) is 10.0. The van der Waals surface area contributed by atoms with E-state index in [0.29, 0.717) is 0 Å². The second-order valence-corrected chi connectivity index (χ2v) is 14.5. The SMILES string of the molecule is Clc1ccc(-c2ccc(-c3ccc4c5c3-c3ccccc3-n3c6ccccc6c6ccc(c-5c63)C43c4ccccc4-c4ccccc43)cc2)cc1. The van der Waals surface area contributed by atoms with E-state index < -0.39 is 5.41 Å². The van der Waals surface area contributed by atoms with Crippen LogP contribution in [0.4, 0.5) is 0 Å². The predicted octanol–water partition coefficient (Wildman–Crippen LogP) is 13.1. The van der Waals surface area contributed by atoms with Gasteiger partial charge < -0.3 is 4.57 Å². The van der Waals surface area contributed by atoms with Gasteiger partial charge in [0.15, 0.2) is 0 Å². The molecule has 0 saturated heterocycles. The van der Waals surface area contributed by atoms with Gasteiger partial charge in [0.2, 0.25) is 0 Å². The van der Waals surface area contributed by atoms with Crippen LogP contribution < -0.4 is 0 Å². The Bertz CT molecular complexity index is 2920. The number of para-hydroxylation sites is 2. The third-order valence-corrected chi connectivity index (χ3v) is 12.1. The molecule has 1 nitrogen and oxygen atoms in total. The van der Waals surface area contributed by atoms with E-state index in [9.17, 15) is 0 Å². The summed E-state index contributed by atoms with van der Waals surface area (Å²) < 4.78 is 2.56. The fourth-order valence-electron chi connectivity index (χ4n) is 9.89. The lowest BCUT2D eigenvalue weighted by molar-refractivity contribution is 0.794. The zero-order valence-electron chi connectivity index (χ0n) is 27.5. The Labute approximate surface area is 300 Å². The van der Waals surface area contributed by atoms with Crippen molar-refractivity contribution in [3.63, 3.8) is 0 Å². The lowest BCUT2D eigenvalue weighted by Gasteiger charge is -2.31. The van der Waals surface area contributed by atoms with E-state index in [1.807, 2.05) is 12.1 Å². The zero-order chi connectivity index (χ0) is 33.4. The summed E-state index contributed by atoms with van der Waals surface area (Å²) in [5.41, 5.74) is 21.5. The largest absolute Gasteiger partial charge is 0.308 e. The van der Waals surface area contributed by atoms with Crippen LogP contribution in [0.5, 0.6) is 0 Å². The maximum atomic E-state index is 6.23. The molecule has 0 radical (unpaired) electrons. The van der Waals surface area contributed by atoms with Gasteiger partial charge in [0.05, 0.1) is 22.1 Å². The zero-order valence-corrected chi connectivity index (χ0v) is 28.2. The van der Waals surface area contributed by atoms with E-state index in [4.69, 9.17) is 11.6 Å². The van der Waals surface area contributed by atoms with Gasteiger partial charge in [-0.3, -0.25) is 0 Å². The molecule has 9 aromatic rings. The van der Waals surface area contributed by atoms with Gasteiger partial charge in [-0.25, -0.2) is 0 Å². The van der Waals surface area contributed by atoms with Crippen molar-refractivity contribution in [3.05, 3.63) is 197 Å². The number of aromatic nitrogens is 1. The molecule has 12 rings (SSSR count). The lowest BCUT2D eigenvalue weighted by Crippen LogP contribution is -2.26. The van der Waals surface area contributed by atoms with Gasteiger partial charge in [-0.15, -0.1) is 0 Å². The molecule has 1 aromatic heterocycles. The summed E-state index contributed by atoms with van der Waals surface area (Å²) in [6.45, 7) is 0. The summed E-state index contributed by atoms with van der Waals surface area (Å²) >= 11 is 6.23. The Hall–Kier alpha value is -6.15. The van der Waals surface area contributed by atoms with Gasteiger partial charge in [0.25, 0.3) is 0 Å². The molecule has 8 aromatic carbocycles. The van der Waals surface area contributed by atoms with E-state index in [2.05, 4.69) is 162 Å². The molecule has 0 N–H and O–H groups in total. The third kappa shape index (κ3) is 3.33. The number of rotatable bonds is 2. The molecule has 0 fully saturated rings. The Morgan fingerprint density at radius 3 is 1.69 bits per heavy atom. The molecule has 0 atom stereocenters. The highest BCUT2D eigenvalue weighted by atomic mass is 35.5. The molecule has 1 spiro atoms. The highest BCUT2D eigenvalue weighted by Crippen LogP contribution is 2.67. The van der Waals surface area contributed by atoms with Crippen molar-refractivity contribution in [2.24, 2.45) is 0 Å². The summed E-state index contributed by atoms with van der Waals surface area (Å²) in [6, 6.07) is 63.0. The van der Waals surface area contributed by atoms with Gasteiger partial charge in [0.1, 0.15) is 0 Å². The minimum Gasteiger partial charge on any atom is -0.308 e. The molecule has 236 valence electrons. The van der Waals surface area contributed by atoms with Crippen LogP contribution in [0, 0.1) is 0 Å². The van der Waals surface area contributed by atoms with E-state index in [0.717, 1.165) is 10.6 Å². The van der Waals surface area contributed by atoms with Crippen LogP contribution in [0.2, 0.25) is 5.02 Å². The molecule has 51 heavy (non-hydrogen) atoms. The van der Waals surface area contributed by atoms with Crippen molar-refractivity contribution >= 4 is 33.4 Å². The first-order chi connectivity index (χ1) is 25.2. The minimum atomic E-state index is -0.425. The van der Waals surface area contributed by atoms with Crippen LogP contribution in [0.15, 0.2) is 170 Å². The summed E-state index contributed by atoms with van der Waals surface area (Å²) in [5, 5.41) is 3.34. The van der Waals surface area contributed by atoms with Gasteiger partial charge in [0, 0.05) is 26.9 Å². The summed E-state index contributed by atoms with van der Waals surface area (Å²) in [4.78, 5) is 0. The van der Waals surface area contributed by atoms with Crippen LogP contribution in [0.3, 0.4) is 0 Å². The summed E-state index contributed by atoms with van der Waals surface area (Å²) in [5.74, 6) is 0. The topological polar surface area (TPSA) is 4.93 Å². The molecule has 0 saturated carbocycles. The smallest absolute Gasteiger partial charge is 0.0726 e. The average Bonchev–Trinajstić information content (AvgIpc) is 3.76. The predicted molar refractivity (Wildman–Crippen MR) is 212 cm³/mol. The first kappa shape index (κ1) is 27.6. The number of halogens is 1. The van der Waals surface area contributed by atoms with Crippen LogP contribution in [-0.2, 0) is 5.41 Å². The molecule has 0 amide bonds. The minimum absolute atomic E-state index is 0.425. The van der Waals surface area contributed by atoms with Crippen molar-refractivity contribution < 1.29 is 0 Å². The highest BCUT2D eigenvalue weighted by molar-refractivity contribution is 6.30. The molecule has 3 aliphatic rings. The lowest BCUT2D eigenvalue weighted by atomic mass is 9.70. The van der Waals surface area contributed by atoms with E-state index in [1.165, 1.54) is 99.8 Å². The van der Waals surface area contributed by atoms with Gasteiger partial charge in [-0.2, -0.15) is 0 Å². The monoisotopic (exact) mass is 665 g/mol. The fraction of sp³-hybridized carbons (Fsp3) is 0.0204.